The van der Waals surface area contributed by atoms with E-state index < -0.39 is 35.2 Å². The molecule has 0 bridgehead atoms. The number of hydrogen-bond donors (Lipinski definition) is 2. The number of nitrogens with one attached hydrogen (secondary N) is 2. The third-order valence-electron chi connectivity index (χ3n) is 6.34. The molecular formula is C30H37BrF2N2O6. The van der Waals surface area contributed by atoms with Crippen LogP contribution in [0.25, 0.3) is 0 Å². The molecule has 4 rings (SSSR count). The summed E-state index contributed by atoms with van der Waals surface area (Å²) in [5.74, 6) is -1.28. The van der Waals surface area contributed by atoms with E-state index in [-0.39, 0.29) is 23.5 Å². The van der Waals surface area contributed by atoms with Crippen molar-refractivity contribution in [1.29, 1.82) is 0 Å². The number of methoxy groups -OCH3 is 1. The van der Waals surface area contributed by atoms with Crippen LogP contribution in [0.5, 0.6) is 0 Å². The number of fused-ring (bicyclic) bond motifs is 2. The average molecular weight is 640 g/mol. The fourth-order valence-electron chi connectivity index (χ4n) is 4.75. The van der Waals surface area contributed by atoms with Crippen LogP contribution in [0.2, 0.25) is 0 Å². The molecule has 0 saturated carbocycles. The van der Waals surface area contributed by atoms with E-state index in [2.05, 4.69) is 31.3 Å². The van der Waals surface area contributed by atoms with Crippen LogP contribution in [0.3, 0.4) is 0 Å². The van der Waals surface area contributed by atoms with Crippen LogP contribution >= 0.6 is 15.9 Å². The number of hydrogen-bond acceptors (Lipinski definition) is 6. The van der Waals surface area contributed by atoms with Gasteiger partial charge in [-0.3, -0.25) is 0 Å². The van der Waals surface area contributed by atoms with Gasteiger partial charge in [0.2, 0.25) is 0 Å². The first-order valence-corrected chi connectivity index (χ1v) is 14.1. The van der Waals surface area contributed by atoms with Crippen molar-refractivity contribution in [2.45, 2.75) is 90.5 Å². The van der Waals surface area contributed by atoms with E-state index in [4.69, 9.17) is 9.47 Å². The molecule has 41 heavy (non-hydrogen) atoms. The van der Waals surface area contributed by atoms with Gasteiger partial charge in [0.05, 0.1) is 24.8 Å². The highest BCUT2D eigenvalue weighted by atomic mass is 79.9. The Kier molecular flexibility index (Phi) is 10.0. The number of esters is 1. The van der Waals surface area contributed by atoms with E-state index >= 15 is 0 Å². The second-order valence-electron chi connectivity index (χ2n) is 11.9. The molecule has 0 spiro atoms. The molecule has 2 N–H and O–H groups in total. The molecule has 2 aromatic rings. The Morgan fingerprint density at radius 3 is 1.66 bits per heavy atom. The van der Waals surface area contributed by atoms with Gasteiger partial charge >= 0.3 is 18.2 Å². The van der Waals surface area contributed by atoms with Crippen molar-refractivity contribution in [3.8, 4) is 0 Å². The lowest BCUT2D eigenvalue weighted by Crippen LogP contribution is -2.34. The highest BCUT2D eigenvalue weighted by molar-refractivity contribution is 9.10. The number of halogens is 3. The Hall–Kier alpha value is -3.21. The Balaban J connectivity index is 0.000000228. The van der Waals surface area contributed by atoms with E-state index in [1.54, 1.807) is 26.8 Å². The van der Waals surface area contributed by atoms with E-state index in [9.17, 15) is 23.2 Å². The van der Waals surface area contributed by atoms with E-state index in [0.29, 0.717) is 46.8 Å². The van der Waals surface area contributed by atoms with E-state index in [1.807, 2.05) is 26.8 Å². The zero-order valence-electron chi connectivity index (χ0n) is 24.4. The van der Waals surface area contributed by atoms with Crippen molar-refractivity contribution in [2.24, 2.45) is 0 Å². The molecule has 2 aromatic carbocycles. The second kappa shape index (κ2) is 12.8. The number of carbonyl (C=O) groups excluding carboxylic acids is 3. The summed E-state index contributed by atoms with van der Waals surface area (Å²) in [4.78, 5) is 35.2. The summed E-state index contributed by atoms with van der Waals surface area (Å²) in [6.45, 7) is 10.7. The molecule has 224 valence electrons. The van der Waals surface area contributed by atoms with Gasteiger partial charge in [0, 0.05) is 4.47 Å². The number of ether oxygens (including phenoxy) is 3. The predicted octanol–water partition coefficient (Wildman–Crippen LogP) is 7.22. The van der Waals surface area contributed by atoms with Gasteiger partial charge in [0.15, 0.2) is 0 Å². The standard InChI is InChI=1S/C16H20FNO4.C14H17BrFNO2/c1-16(2,3)22-15(20)18-13-6-5-10-11(13)7-9(8-12(10)17)14(19)21-4;1-14(2,3)19-13(18)17-12-5-4-9-10(12)6-8(15)7-11(9)16/h7-8,13H,5-6H2,1-4H3,(H,18,20);6-7,12H,4-5H2,1-3H3,(H,17,18)/t13-;12-/m11/s1. The fraction of sp³-hybridized carbons (Fsp3) is 0.500. The van der Waals surface area contributed by atoms with Crippen molar-refractivity contribution < 1.29 is 37.4 Å². The summed E-state index contributed by atoms with van der Waals surface area (Å²) in [7, 11) is 1.24. The lowest BCUT2D eigenvalue weighted by molar-refractivity contribution is 0.0492. The lowest BCUT2D eigenvalue weighted by Gasteiger charge is -2.22. The molecule has 0 radical (unpaired) electrons. The van der Waals surface area contributed by atoms with Crippen LogP contribution < -0.4 is 10.6 Å². The van der Waals surface area contributed by atoms with Crippen LogP contribution in [0.4, 0.5) is 18.4 Å². The SMILES string of the molecule is CC(C)(C)OC(=O)N[C@@H]1CCc2c(F)cc(Br)cc21.COC(=O)c1cc(F)c2c(c1)[C@H](NC(=O)OC(C)(C)C)CC2. The van der Waals surface area contributed by atoms with Crippen molar-refractivity contribution in [3.05, 3.63) is 68.2 Å². The maximum Gasteiger partial charge on any atom is 0.408 e. The van der Waals surface area contributed by atoms with E-state index in [1.165, 1.54) is 19.2 Å². The summed E-state index contributed by atoms with van der Waals surface area (Å²) in [5.41, 5.74) is 1.64. The van der Waals surface area contributed by atoms with Crippen molar-refractivity contribution in [2.75, 3.05) is 7.11 Å². The van der Waals surface area contributed by atoms with Crippen LogP contribution in [0.15, 0.2) is 28.7 Å². The molecule has 0 aliphatic heterocycles. The molecule has 2 amide bonds. The molecule has 2 aliphatic carbocycles. The van der Waals surface area contributed by atoms with Crippen molar-refractivity contribution >= 4 is 34.1 Å². The highest BCUT2D eigenvalue weighted by Gasteiger charge is 2.30. The summed E-state index contributed by atoms with van der Waals surface area (Å²) in [6, 6.07) is 5.49. The fourth-order valence-corrected chi connectivity index (χ4v) is 5.20. The van der Waals surface area contributed by atoms with Gasteiger partial charge in [0.25, 0.3) is 0 Å². The van der Waals surface area contributed by atoms with E-state index in [0.717, 1.165) is 5.56 Å². The van der Waals surface area contributed by atoms with Gasteiger partial charge < -0.3 is 24.8 Å². The molecule has 0 aromatic heterocycles. The molecule has 11 heteroatoms. The average Bonchev–Trinajstić information content (AvgIpc) is 3.41. The Morgan fingerprint density at radius 1 is 0.780 bits per heavy atom. The Bertz CT molecular complexity index is 1320. The molecule has 0 fully saturated rings. The van der Waals surface area contributed by atoms with Crippen LogP contribution in [-0.4, -0.2) is 36.5 Å². The third kappa shape index (κ3) is 8.89. The summed E-state index contributed by atoms with van der Waals surface area (Å²) >= 11 is 3.27. The van der Waals surface area contributed by atoms with Gasteiger partial charge in [-0.1, -0.05) is 15.9 Å². The molecule has 0 heterocycles. The Morgan fingerprint density at radius 2 is 1.22 bits per heavy atom. The normalized spacial score (nSPS) is 17.4. The second-order valence-corrected chi connectivity index (χ2v) is 12.9. The maximum absolute atomic E-state index is 14.1. The van der Waals surface area contributed by atoms with Crippen molar-refractivity contribution in [3.63, 3.8) is 0 Å². The molecule has 0 unspecified atom stereocenters. The van der Waals surface area contributed by atoms with Gasteiger partial charge in [-0.2, -0.15) is 0 Å². The predicted molar refractivity (Wildman–Crippen MR) is 153 cm³/mol. The summed E-state index contributed by atoms with van der Waals surface area (Å²) in [6.07, 6.45) is 1.37. The molecular weight excluding hydrogens is 602 g/mol. The van der Waals surface area contributed by atoms with Gasteiger partial charge in [-0.05, 0) is 114 Å². The minimum atomic E-state index is -0.607. The molecule has 0 saturated heterocycles. The van der Waals surface area contributed by atoms with Crippen molar-refractivity contribution in [1.82, 2.24) is 10.6 Å². The lowest BCUT2D eigenvalue weighted by atomic mass is 10.0. The minimum Gasteiger partial charge on any atom is -0.465 e. The topological polar surface area (TPSA) is 103 Å². The smallest absolute Gasteiger partial charge is 0.408 e. The molecule has 8 nitrogen and oxygen atoms in total. The number of benzene rings is 2. The summed E-state index contributed by atoms with van der Waals surface area (Å²) in [5, 5.41) is 5.52. The maximum atomic E-state index is 14.1. The molecule has 2 aliphatic rings. The first-order chi connectivity index (χ1) is 19.0. The minimum absolute atomic E-state index is 0.136. The number of alkyl carbamates (subject to hydrolysis) is 2. The monoisotopic (exact) mass is 638 g/mol. The zero-order valence-corrected chi connectivity index (χ0v) is 26.0. The third-order valence-corrected chi connectivity index (χ3v) is 6.80. The Labute approximate surface area is 247 Å². The van der Waals surface area contributed by atoms with Gasteiger partial charge in [-0.25, -0.2) is 23.2 Å². The van der Waals surface area contributed by atoms with Crippen LogP contribution in [-0.2, 0) is 27.1 Å². The van der Waals surface area contributed by atoms with Crippen LogP contribution in [0.1, 0.15) is 99.1 Å². The van der Waals surface area contributed by atoms with Gasteiger partial charge in [-0.15, -0.1) is 0 Å². The molecule has 2 atom stereocenters. The number of amides is 2. The quantitative estimate of drug-likeness (QED) is 0.272. The highest BCUT2D eigenvalue weighted by Crippen LogP contribution is 2.36. The number of carbonyl (C=O) groups is 3. The zero-order chi connectivity index (χ0) is 30.7. The van der Waals surface area contributed by atoms with Gasteiger partial charge in [0.1, 0.15) is 22.8 Å². The van der Waals surface area contributed by atoms with Crippen LogP contribution in [0, 0.1) is 11.6 Å². The first kappa shape index (κ1) is 32.3. The number of rotatable bonds is 3. The largest absolute Gasteiger partial charge is 0.465 e. The summed E-state index contributed by atoms with van der Waals surface area (Å²) < 4.78 is 43.6. The first-order valence-electron chi connectivity index (χ1n) is 13.3.